The van der Waals surface area contributed by atoms with E-state index in [0.29, 0.717) is 0 Å². The van der Waals surface area contributed by atoms with E-state index < -0.39 is 0 Å². The van der Waals surface area contributed by atoms with Gasteiger partial charge in [-0.3, -0.25) is 0 Å². The fraction of sp³-hybridized carbons (Fsp3) is 0.200. The van der Waals surface area contributed by atoms with E-state index >= 15 is 0 Å². The molecule has 1 aliphatic heterocycles. The summed E-state index contributed by atoms with van der Waals surface area (Å²) in [6.45, 7) is 0. The Labute approximate surface area is 47.8 Å². The fourth-order valence-electron chi connectivity index (χ4n) is 0.423. The first kappa shape index (κ1) is 4.94. The summed E-state index contributed by atoms with van der Waals surface area (Å²) < 4.78 is 0. The van der Waals surface area contributed by atoms with Crippen LogP contribution in [0.1, 0.15) is 0 Å². The molecule has 1 heterocycles. The van der Waals surface area contributed by atoms with Gasteiger partial charge in [-0.25, -0.2) is 4.99 Å². The zero-order valence-electron chi connectivity index (χ0n) is 4.60. The van der Waals surface area contributed by atoms with E-state index in [1.807, 2.05) is 7.05 Å². The average molecular weight is 109 g/mol. The fourth-order valence-corrected chi connectivity index (χ4v) is 0.423. The number of hydrogen-bond donors (Lipinski definition) is 2. The molecule has 0 bridgehead atoms. The van der Waals surface area contributed by atoms with Gasteiger partial charge in [0, 0.05) is 12.9 Å². The standard InChI is InChI=1S/C5H7N3/c1-6-5-4-7-2-3-8-5/h3-4,6,8H,1H3. The van der Waals surface area contributed by atoms with Gasteiger partial charge in [0.25, 0.3) is 0 Å². The van der Waals surface area contributed by atoms with Crippen LogP contribution in [-0.4, -0.2) is 12.9 Å². The smallest absolute Gasteiger partial charge is 0.123 e. The van der Waals surface area contributed by atoms with E-state index in [1.165, 1.54) is 0 Å². The molecule has 0 amide bonds. The van der Waals surface area contributed by atoms with Gasteiger partial charge in [-0.2, -0.15) is 0 Å². The Kier molecular flexibility index (Phi) is 1.35. The van der Waals surface area contributed by atoms with Crippen molar-refractivity contribution in [2.24, 2.45) is 4.99 Å². The molecule has 0 spiro atoms. The van der Waals surface area contributed by atoms with Crippen LogP contribution in [0.3, 0.4) is 0 Å². The van der Waals surface area contributed by atoms with Gasteiger partial charge >= 0.3 is 0 Å². The van der Waals surface area contributed by atoms with Crippen LogP contribution >= 0.6 is 0 Å². The van der Waals surface area contributed by atoms with Crippen LogP contribution in [0, 0.1) is 0 Å². The first-order valence-corrected chi connectivity index (χ1v) is 2.35. The van der Waals surface area contributed by atoms with Crippen LogP contribution in [0.15, 0.2) is 23.2 Å². The normalized spacial score (nSPS) is 14.9. The Morgan fingerprint density at radius 2 is 2.75 bits per heavy atom. The van der Waals surface area contributed by atoms with E-state index in [-0.39, 0.29) is 0 Å². The lowest BCUT2D eigenvalue weighted by molar-refractivity contribution is 0.862. The molecule has 0 aromatic carbocycles. The van der Waals surface area contributed by atoms with Gasteiger partial charge in [0.05, 0.1) is 12.4 Å². The molecule has 0 aliphatic carbocycles. The molecule has 2 N–H and O–H groups in total. The predicted octanol–water partition coefficient (Wildman–Crippen LogP) is -0.209. The molecule has 42 valence electrons. The molecule has 8 heavy (non-hydrogen) atoms. The van der Waals surface area contributed by atoms with Crippen LogP contribution in [-0.2, 0) is 0 Å². The number of nitrogens with zero attached hydrogens (tertiary/aromatic N) is 1. The quantitative estimate of drug-likeness (QED) is 0.489. The summed E-state index contributed by atoms with van der Waals surface area (Å²) in [6.07, 6.45) is 3.31. The molecule has 1 aliphatic rings. The summed E-state index contributed by atoms with van der Waals surface area (Å²) in [6, 6.07) is 0. The van der Waals surface area contributed by atoms with Crippen molar-refractivity contribution < 1.29 is 0 Å². The van der Waals surface area contributed by atoms with Crippen molar-refractivity contribution in [1.82, 2.24) is 10.6 Å². The molecule has 1 rings (SSSR count). The summed E-state index contributed by atoms with van der Waals surface area (Å²) in [5.41, 5.74) is 0. The first-order chi connectivity index (χ1) is 3.93. The maximum absolute atomic E-state index is 3.74. The van der Waals surface area contributed by atoms with Crippen LogP contribution in [0.2, 0.25) is 0 Å². The largest absolute Gasteiger partial charge is 0.373 e. The van der Waals surface area contributed by atoms with E-state index in [9.17, 15) is 0 Å². The third-order valence-corrected chi connectivity index (χ3v) is 0.830. The van der Waals surface area contributed by atoms with Gasteiger partial charge < -0.3 is 10.6 Å². The lowest BCUT2D eigenvalue weighted by atomic mass is 10.6. The zero-order chi connectivity index (χ0) is 5.82. The van der Waals surface area contributed by atoms with Crippen LogP contribution in [0.5, 0.6) is 0 Å². The minimum absolute atomic E-state index is 0.892. The lowest BCUT2D eigenvalue weighted by Gasteiger charge is -2.03. The highest BCUT2D eigenvalue weighted by Gasteiger charge is 1.87. The second-order valence-corrected chi connectivity index (χ2v) is 1.34. The highest BCUT2D eigenvalue weighted by Crippen LogP contribution is 1.83. The number of aliphatic imine (C=N–C) groups is 1. The molecule has 0 aromatic rings. The maximum atomic E-state index is 3.74. The monoisotopic (exact) mass is 109 g/mol. The van der Waals surface area contributed by atoms with Crippen molar-refractivity contribution in [2.45, 2.75) is 0 Å². The van der Waals surface area contributed by atoms with Crippen molar-refractivity contribution in [1.29, 1.82) is 0 Å². The van der Waals surface area contributed by atoms with Crippen molar-refractivity contribution in [3.63, 3.8) is 0 Å². The molecule has 3 heteroatoms. The average Bonchev–Trinajstić information content (AvgIpc) is 1.90. The number of nitrogens with one attached hydrogen (secondary N) is 2. The zero-order valence-corrected chi connectivity index (χ0v) is 4.60. The number of hydrogen-bond acceptors (Lipinski definition) is 3. The molecular formula is C5H7N3. The van der Waals surface area contributed by atoms with Crippen molar-refractivity contribution >= 4 is 5.87 Å². The molecule has 0 saturated carbocycles. The first-order valence-electron chi connectivity index (χ1n) is 2.35. The molecular weight excluding hydrogens is 102 g/mol. The molecule has 0 aromatic heterocycles. The Hall–Kier alpha value is -1.21. The lowest BCUT2D eigenvalue weighted by Crippen LogP contribution is -2.19. The molecule has 0 unspecified atom stereocenters. The van der Waals surface area contributed by atoms with Crippen LogP contribution in [0.4, 0.5) is 0 Å². The third-order valence-electron chi connectivity index (χ3n) is 0.830. The van der Waals surface area contributed by atoms with E-state index in [1.54, 1.807) is 12.4 Å². The summed E-state index contributed by atoms with van der Waals surface area (Å²) in [4.78, 5) is 3.74. The number of rotatable bonds is 1. The molecule has 0 fully saturated rings. The third kappa shape index (κ3) is 0.891. The minimum atomic E-state index is 0.892. The van der Waals surface area contributed by atoms with Gasteiger partial charge in [-0.05, 0) is 0 Å². The van der Waals surface area contributed by atoms with Gasteiger partial charge in [0.2, 0.25) is 0 Å². The maximum Gasteiger partial charge on any atom is 0.123 e. The summed E-state index contributed by atoms with van der Waals surface area (Å²) in [5.74, 6) is 3.51. The van der Waals surface area contributed by atoms with Crippen molar-refractivity contribution in [2.75, 3.05) is 7.05 Å². The van der Waals surface area contributed by atoms with Gasteiger partial charge in [-0.1, -0.05) is 0 Å². The molecule has 0 saturated heterocycles. The molecule has 3 nitrogen and oxygen atoms in total. The van der Waals surface area contributed by atoms with Crippen molar-refractivity contribution in [3.05, 3.63) is 18.2 Å². The predicted molar refractivity (Wildman–Crippen MR) is 32.3 cm³/mol. The van der Waals surface area contributed by atoms with Crippen LogP contribution in [0.25, 0.3) is 0 Å². The molecule has 0 atom stereocenters. The van der Waals surface area contributed by atoms with E-state index in [0.717, 1.165) is 5.82 Å². The summed E-state index contributed by atoms with van der Waals surface area (Å²) in [7, 11) is 1.83. The second-order valence-electron chi connectivity index (χ2n) is 1.34. The van der Waals surface area contributed by atoms with E-state index in [2.05, 4.69) is 21.5 Å². The Balaban J connectivity index is 2.63. The molecule has 0 radical (unpaired) electrons. The highest BCUT2D eigenvalue weighted by molar-refractivity contribution is 5.54. The second kappa shape index (κ2) is 2.19. The Bertz CT molecular complexity index is 163. The van der Waals surface area contributed by atoms with Crippen molar-refractivity contribution in [3.8, 4) is 0 Å². The van der Waals surface area contributed by atoms with Gasteiger partial charge in [0.1, 0.15) is 5.82 Å². The Morgan fingerprint density at radius 1 is 1.88 bits per heavy atom. The van der Waals surface area contributed by atoms with Crippen LogP contribution < -0.4 is 10.6 Å². The van der Waals surface area contributed by atoms with Gasteiger partial charge in [0.15, 0.2) is 0 Å². The van der Waals surface area contributed by atoms with Gasteiger partial charge in [-0.15, -0.1) is 0 Å². The summed E-state index contributed by atoms with van der Waals surface area (Å²) >= 11 is 0. The SMILES string of the molecule is CNC1=CN=C=CN1. The Morgan fingerprint density at radius 3 is 3.12 bits per heavy atom. The topological polar surface area (TPSA) is 36.4 Å². The highest BCUT2D eigenvalue weighted by atomic mass is 15.1. The minimum Gasteiger partial charge on any atom is -0.373 e. The van der Waals surface area contributed by atoms with E-state index in [4.69, 9.17) is 0 Å². The summed E-state index contributed by atoms with van der Waals surface area (Å²) in [5, 5.41) is 5.78.